The van der Waals surface area contributed by atoms with Gasteiger partial charge in [0.15, 0.2) is 0 Å². The standard InChI is InChI=1S/C22H15ClN2O5/c1-11-14(6-3-7-15(11)21(27)28)16-8-9-17(30-16)18(12-4-2-5-13(23)10-12)19-20(26)25-22(29)24-19/h2-10H,1H3,(H,27,28)(H2,24,25,26,29). The van der Waals surface area contributed by atoms with E-state index in [9.17, 15) is 19.5 Å². The van der Waals surface area contributed by atoms with Gasteiger partial charge in [-0.05, 0) is 48.4 Å². The zero-order chi connectivity index (χ0) is 21.4. The molecular weight excluding hydrogens is 408 g/mol. The summed E-state index contributed by atoms with van der Waals surface area (Å²) in [6.45, 7) is 1.70. The van der Waals surface area contributed by atoms with Crippen molar-refractivity contribution in [2.75, 3.05) is 0 Å². The largest absolute Gasteiger partial charge is 0.478 e. The molecule has 0 radical (unpaired) electrons. The maximum absolute atomic E-state index is 12.3. The molecule has 2 aromatic carbocycles. The van der Waals surface area contributed by atoms with Crippen molar-refractivity contribution >= 4 is 35.1 Å². The van der Waals surface area contributed by atoms with Gasteiger partial charge in [-0.1, -0.05) is 35.9 Å². The van der Waals surface area contributed by atoms with Crippen molar-refractivity contribution in [2.45, 2.75) is 6.92 Å². The molecule has 1 saturated heterocycles. The Balaban J connectivity index is 1.88. The third-order valence-electron chi connectivity index (χ3n) is 4.74. The molecule has 2 heterocycles. The van der Waals surface area contributed by atoms with Crippen LogP contribution in [-0.4, -0.2) is 23.0 Å². The van der Waals surface area contributed by atoms with Crippen LogP contribution >= 0.6 is 11.6 Å². The Hall–Kier alpha value is -3.84. The third-order valence-corrected chi connectivity index (χ3v) is 4.97. The Morgan fingerprint density at radius 1 is 1.03 bits per heavy atom. The number of rotatable bonds is 4. The number of carboxylic acids is 1. The number of benzene rings is 2. The molecular formula is C22H15ClN2O5. The topological polar surface area (TPSA) is 109 Å². The molecule has 0 spiro atoms. The second-order valence-electron chi connectivity index (χ2n) is 6.62. The van der Waals surface area contributed by atoms with Crippen LogP contribution < -0.4 is 10.6 Å². The smallest absolute Gasteiger partial charge is 0.335 e. The first-order chi connectivity index (χ1) is 14.3. The maximum Gasteiger partial charge on any atom is 0.335 e. The number of urea groups is 1. The van der Waals surface area contributed by atoms with Crippen molar-refractivity contribution in [1.29, 1.82) is 0 Å². The van der Waals surface area contributed by atoms with Crippen molar-refractivity contribution in [3.8, 4) is 11.3 Å². The predicted molar refractivity (Wildman–Crippen MR) is 110 cm³/mol. The highest BCUT2D eigenvalue weighted by molar-refractivity contribution is 6.30. The van der Waals surface area contributed by atoms with Gasteiger partial charge in [-0.2, -0.15) is 0 Å². The monoisotopic (exact) mass is 422 g/mol. The normalized spacial score (nSPS) is 15.0. The predicted octanol–water partition coefficient (Wildman–Crippen LogP) is 4.21. The Labute approximate surface area is 176 Å². The molecule has 7 nitrogen and oxygen atoms in total. The molecule has 4 rings (SSSR count). The Bertz CT molecular complexity index is 1240. The molecule has 0 saturated carbocycles. The summed E-state index contributed by atoms with van der Waals surface area (Å²) in [5, 5.41) is 14.5. The summed E-state index contributed by atoms with van der Waals surface area (Å²) >= 11 is 6.12. The first-order valence-corrected chi connectivity index (χ1v) is 9.29. The molecule has 30 heavy (non-hydrogen) atoms. The summed E-state index contributed by atoms with van der Waals surface area (Å²) < 4.78 is 6.01. The van der Waals surface area contributed by atoms with Gasteiger partial charge < -0.3 is 14.8 Å². The lowest BCUT2D eigenvalue weighted by Crippen LogP contribution is -2.22. The molecule has 0 atom stereocenters. The van der Waals surface area contributed by atoms with Crippen LogP contribution in [0.25, 0.3) is 16.9 Å². The lowest BCUT2D eigenvalue weighted by molar-refractivity contribution is -0.115. The number of halogens is 1. The summed E-state index contributed by atoms with van der Waals surface area (Å²) in [6.07, 6.45) is 0. The van der Waals surface area contributed by atoms with Crippen LogP contribution in [0.2, 0.25) is 5.02 Å². The second kappa shape index (κ2) is 7.53. The summed E-state index contributed by atoms with van der Waals surface area (Å²) in [4.78, 5) is 35.4. The highest BCUT2D eigenvalue weighted by Crippen LogP contribution is 2.34. The van der Waals surface area contributed by atoms with Gasteiger partial charge in [-0.3, -0.25) is 10.1 Å². The molecule has 1 aliphatic rings. The highest BCUT2D eigenvalue weighted by atomic mass is 35.5. The molecule has 1 fully saturated rings. The number of aromatic carboxylic acids is 1. The maximum atomic E-state index is 12.3. The highest BCUT2D eigenvalue weighted by Gasteiger charge is 2.29. The molecule has 3 N–H and O–H groups in total. The summed E-state index contributed by atoms with van der Waals surface area (Å²) in [6, 6.07) is 14.4. The van der Waals surface area contributed by atoms with E-state index in [2.05, 4.69) is 10.6 Å². The van der Waals surface area contributed by atoms with Gasteiger partial charge in [0, 0.05) is 10.6 Å². The molecule has 3 aromatic rings. The molecule has 1 aliphatic heterocycles. The van der Waals surface area contributed by atoms with Crippen LogP contribution in [0.5, 0.6) is 0 Å². The van der Waals surface area contributed by atoms with Crippen LogP contribution in [0.1, 0.15) is 27.2 Å². The zero-order valence-electron chi connectivity index (χ0n) is 15.7. The summed E-state index contributed by atoms with van der Waals surface area (Å²) in [7, 11) is 0. The van der Waals surface area contributed by atoms with E-state index in [1.807, 2.05) is 0 Å². The van der Waals surface area contributed by atoms with E-state index in [0.717, 1.165) is 0 Å². The fourth-order valence-electron chi connectivity index (χ4n) is 3.35. The molecule has 3 amide bonds. The van der Waals surface area contributed by atoms with E-state index in [4.69, 9.17) is 16.0 Å². The Kier molecular flexibility index (Phi) is 4.89. The van der Waals surface area contributed by atoms with Crippen molar-refractivity contribution < 1.29 is 23.9 Å². The van der Waals surface area contributed by atoms with E-state index < -0.39 is 17.9 Å². The second-order valence-corrected chi connectivity index (χ2v) is 7.05. The first kappa shape index (κ1) is 19.5. The van der Waals surface area contributed by atoms with Crippen molar-refractivity contribution in [3.05, 3.63) is 87.8 Å². The molecule has 150 valence electrons. The van der Waals surface area contributed by atoms with Gasteiger partial charge in [0.2, 0.25) is 0 Å². The van der Waals surface area contributed by atoms with Gasteiger partial charge >= 0.3 is 12.0 Å². The van der Waals surface area contributed by atoms with Crippen LogP contribution in [0, 0.1) is 6.92 Å². The number of amides is 3. The van der Waals surface area contributed by atoms with E-state index in [1.165, 1.54) is 6.07 Å². The minimum absolute atomic E-state index is 0.0409. The average Bonchev–Trinajstić information content (AvgIpc) is 3.29. The van der Waals surface area contributed by atoms with Crippen LogP contribution in [0.4, 0.5) is 4.79 Å². The number of nitrogens with one attached hydrogen (secondary N) is 2. The van der Waals surface area contributed by atoms with Crippen molar-refractivity contribution in [2.24, 2.45) is 0 Å². The lowest BCUT2D eigenvalue weighted by atomic mass is 10.0. The van der Waals surface area contributed by atoms with Crippen LogP contribution in [0.15, 0.2) is 64.7 Å². The van der Waals surface area contributed by atoms with Crippen LogP contribution in [0.3, 0.4) is 0 Å². The van der Waals surface area contributed by atoms with Crippen LogP contribution in [-0.2, 0) is 4.79 Å². The average molecular weight is 423 g/mol. The van der Waals surface area contributed by atoms with E-state index in [-0.39, 0.29) is 11.3 Å². The van der Waals surface area contributed by atoms with Crippen molar-refractivity contribution in [1.82, 2.24) is 10.6 Å². The lowest BCUT2D eigenvalue weighted by Gasteiger charge is -2.09. The molecule has 0 bridgehead atoms. The number of carboxylic acid groups (broad SMARTS) is 1. The van der Waals surface area contributed by atoms with E-state index in [0.29, 0.717) is 38.8 Å². The van der Waals surface area contributed by atoms with Gasteiger partial charge in [-0.15, -0.1) is 0 Å². The van der Waals surface area contributed by atoms with E-state index >= 15 is 0 Å². The van der Waals surface area contributed by atoms with Gasteiger partial charge in [0.05, 0.1) is 11.1 Å². The number of hydrogen-bond donors (Lipinski definition) is 3. The number of carbonyl (C=O) groups excluding carboxylic acids is 2. The first-order valence-electron chi connectivity index (χ1n) is 8.91. The quantitative estimate of drug-likeness (QED) is 0.431. The number of furan rings is 1. The molecule has 1 aromatic heterocycles. The van der Waals surface area contributed by atoms with Gasteiger partial charge in [-0.25, -0.2) is 9.59 Å². The SMILES string of the molecule is Cc1c(C(=O)O)cccc1-c1ccc(C(=C2NC(=O)NC2=O)c2cccc(Cl)c2)o1. The Morgan fingerprint density at radius 2 is 1.80 bits per heavy atom. The van der Waals surface area contributed by atoms with E-state index in [1.54, 1.807) is 55.5 Å². The fourth-order valence-corrected chi connectivity index (χ4v) is 3.54. The third kappa shape index (κ3) is 3.46. The minimum Gasteiger partial charge on any atom is -0.478 e. The molecule has 0 unspecified atom stereocenters. The zero-order valence-corrected chi connectivity index (χ0v) is 16.4. The fraction of sp³-hybridized carbons (Fsp3) is 0.0455. The minimum atomic E-state index is -1.03. The molecule has 8 heteroatoms. The number of imide groups is 1. The summed E-state index contributed by atoms with van der Waals surface area (Å²) in [5.41, 5.74) is 2.30. The van der Waals surface area contributed by atoms with Gasteiger partial charge in [0.1, 0.15) is 17.2 Å². The summed E-state index contributed by atoms with van der Waals surface area (Å²) in [5.74, 6) is -0.875. The van der Waals surface area contributed by atoms with Gasteiger partial charge in [0.25, 0.3) is 5.91 Å². The molecule has 0 aliphatic carbocycles. The number of hydrogen-bond acceptors (Lipinski definition) is 4. The van der Waals surface area contributed by atoms with Crippen molar-refractivity contribution in [3.63, 3.8) is 0 Å². The Morgan fingerprint density at radius 3 is 2.47 bits per heavy atom. The number of carbonyl (C=O) groups is 3.